The number of unbranched alkanes of at least 4 members (excludes halogenated alkanes) is 38. The molecule has 0 aliphatic rings. The number of carbonyl (C=O) groups excluding carboxylic acids is 1. The number of phosphoric ester groups is 1. The van der Waals surface area contributed by atoms with Crippen LogP contribution >= 0.6 is 7.82 Å². The summed E-state index contributed by atoms with van der Waals surface area (Å²) in [6.45, 7) is 4.71. The molecule has 3 atom stereocenters. The Morgan fingerprint density at radius 2 is 0.753 bits per heavy atom. The van der Waals surface area contributed by atoms with E-state index in [4.69, 9.17) is 9.05 Å². The predicted octanol–water partition coefficient (Wildman–Crippen LogP) is 21.9. The molecule has 0 fully saturated rings. The highest BCUT2D eigenvalue weighted by atomic mass is 31.2. The fourth-order valence-electron chi connectivity index (χ4n) is 10.0. The van der Waals surface area contributed by atoms with Gasteiger partial charge in [0.25, 0.3) is 0 Å². The third-order valence-corrected chi connectivity index (χ3v) is 16.3. The van der Waals surface area contributed by atoms with E-state index in [-0.39, 0.29) is 19.1 Å². The van der Waals surface area contributed by atoms with E-state index in [1.165, 1.54) is 225 Å². The number of aliphatic hydroxyl groups is 1. The first-order chi connectivity index (χ1) is 39.5. The molecule has 3 unspecified atom stereocenters. The normalized spacial score (nSPS) is 14.2. The lowest BCUT2D eigenvalue weighted by Crippen LogP contribution is -2.45. The van der Waals surface area contributed by atoms with Crippen molar-refractivity contribution in [2.45, 2.75) is 328 Å². The Kier molecular flexibility index (Phi) is 60.4. The number of quaternary nitrogens is 1. The number of amides is 1. The van der Waals surface area contributed by atoms with Crippen LogP contribution in [0.2, 0.25) is 0 Å². The molecule has 1 amide bonds. The number of hydrogen-bond acceptors (Lipinski definition) is 5. The molecule has 0 aromatic heterocycles. The SMILES string of the molecule is CC/C=C\C/C=C\C/C=C\C/C=C\CCCCCCCCCCCCCCCCCCCCCCCCC(=O)NC(COP(=O)(O)OCC[N+](C)(C)C)C(O)/C=C/CC/C=C/CC/C=C/CCCCCCCCCCCCCCCC. The summed E-state index contributed by atoms with van der Waals surface area (Å²) in [4.78, 5) is 23.4. The number of phosphoric acid groups is 1. The second-order valence-electron chi connectivity index (χ2n) is 24.5. The van der Waals surface area contributed by atoms with E-state index < -0.39 is 20.0 Å². The summed E-state index contributed by atoms with van der Waals surface area (Å²) in [5.41, 5.74) is 0. The summed E-state index contributed by atoms with van der Waals surface area (Å²) in [7, 11) is 1.55. The maximum absolute atomic E-state index is 13.0. The van der Waals surface area contributed by atoms with Crippen LogP contribution in [0.1, 0.15) is 316 Å². The predicted molar refractivity (Wildman–Crippen MR) is 355 cm³/mol. The quantitative estimate of drug-likeness (QED) is 0.0243. The number of aliphatic hydroxyl groups excluding tert-OH is 1. The van der Waals surface area contributed by atoms with Crippen LogP contribution in [-0.2, 0) is 18.4 Å². The van der Waals surface area contributed by atoms with E-state index in [0.717, 1.165) is 70.6 Å². The largest absolute Gasteiger partial charge is 0.472 e. The van der Waals surface area contributed by atoms with Crippen LogP contribution in [0, 0.1) is 0 Å². The zero-order chi connectivity index (χ0) is 59.1. The van der Waals surface area contributed by atoms with Crippen LogP contribution in [0.15, 0.2) is 85.1 Å². The summed E-state index contributed by atoms with van der Waals surface area (Å²) in [6, 6.07) is -0.873. The average molecular weight is 1150 g/mol. The summed E-state index contributed by atoms with van der Waals surface area (Å²) < 4.78 is 23.8. The van der Waals surface area contributed by atoms with Gasteiger partial charge in [0.05, 0.1) is 39.9 Å². The van der Waals surface area contributed by atoms with E-state index in [0.29, 0.717) is 17.4 Å². The van der Waals surface area contributed by atoms with Gasteiger partial charge in [0.2, 0.25) is 5.91 Å². The van der Waals surface area contributed by atoms with Crippen molar-refractivity contribution in [1.82, 2.24) is 5.32 Å². The maximum atomic E-state index is 13.0. The Morgan fingerprint density at radius 3 is 1.14 bits per heavy atom. The lowest BCUT2D eigenvalue weighted by Gasteiger charge is -2.25. The van der Waals surface area contributed by atoms with Gasteiger partial charge in [0, 0.05) is 6.42 Å². The van der Waals surface area contributed by atoms with Crippen LogP contribution in [0.3, 0.4) is 0 Å². The Bertz CT molecular complexity index is 1600. The van der Waals surface area contributed by atoms with Crippen LogP contribution in [-0.4, -0.2) is 73.4 Å². The number of carbonyl (C=O) groups is 1. The zero-order valence-electron chi connectivity index (χ0n) is 54.0. The summed E-state index contributed by atoms with van der Waals surface area (Å²) in [5, 5.41) is 14.0. The molecular formula is C72H134N2O6P+. The van der Waals surface area contributed by atoms with Crippen LogP contribution in [0.4, 0.5) is 0 Å². The molecule has 0 aromatic rings. The Morgan fingerprint density at radius 1 is 0.432 bits per heavy atom. The number of rotatable bonds is 63. The zero-order valence-corrected chi connectivity index (χ0v) is 54.9. The minimum atomic E-state index is -4.37. The molecule has 0 bridgehead atoms. The van der Waals surface area contributed by atoms with Crippen molar-refractivity contribution in [2.24, 2.45) is 0 Å². The van der Waals surface area contributed by atoms with Crippen molar-refractivity contribution in [2.75, 3.05) is 40.9 Å². The van der Waals surface area contributed by atoms with Crippen molar-refractivity contribution < 1.29 is 32.9 Å². The van der Waals surface area contributed by atoms with Gasteiger partial charge in [-0.3, -0.25) is 13.8 Å². The molecule has 0 rings (SSSR count). The molecule has 0 spiro atoms. The minimum absolute atomic E-state index is 0.0526. The van der Waals surface area contributed by atoms with Gasteiger partial charge in [-0.1, -0.05) is 311 Å². The van der Waals surface area contributed by atoms with E-state index in [1.54, 1.807) is 6.08 Å². The molecule has 8 nitrogen and oxygen atoms in total. The fraction of sp³-hybridized carbons (Fsp3) is 0.792. The van der Waals surface area contributed by atoms with Gasteiger partial charge in [-0.15, -0.1) is 0 Å². The fourth-order valence-corrected chi connectivity index (χ4v) is 10.7. The summed E-state index contributed by atoms with van der Waals surface area (Å²) in [5.74, 6) is -0.187. The van der Waals surface area contributed by atoms with Crippen molar-refractivity contribution in [3.63, 3.8) is 0 Å². The lowest BCUT2D eigenvalue weighted by atomic mass is 10.0. The van der Waals surface area contributed by atoms with E-state index in [1.807, 2.05) is 27.2 Å². The molecule has 0 saturated heterocycles. The first kappa shape index (κ1) is 78.7. The van der Waals surface area contributed by atoms with Crippen LogP contribution in [0.25, 0.3) is 0 Å². The molecule has 0 aliphatic carbocycles. The highest BCUT2D eigenvalue weighted by Gasteiger charge is 2.28. The van der Waals surface area contributed by atoms with E-state index >= 15 is 0 Å². The molecule has 0 saturated carbocycles. The second-order valence-corrected chi connectivity index (χ2v) is 26.0. The topological polar surface area (TPSA) is 105 Å². The Balaban J connectivity index is 4.08. The molecule has 0 aliphatic heterocycles. The highest BCUT2D eigenvalue weighted by Crippen LogP contribution is 2.43. The van der Waals surface area contributed by atoms with Gasteiger partial charge >= 0.3 is 7.82 Å². The van der Waals surface area contributed by atoms with Crippen LogP contribution < -0.4 is 5.32 Å². The third kappa shape index (κ3) is 65.1. The monoisotopic (exact) mass is 1150 g/mol. The standard InChI is InChI=1S/C72H133N2O6P/c1-6-8-10-12-14-16-18-20-22-24-26-28-30-32-33-34-35-36-37-38-39-40-41-42-44-46-48-50-52-54-56-58-60-62-64-66-72(76)73-70(69-80-81(77,78)79-68-67-74(3,4)5)71(75)65-63-61-59-57-55-53-51-49-47-45-43-31-29-27-25-23-21-19-17-15-13-11-9-7-2/h8,10,14,16,20,22,26,28,47,49,55,57,63,65,70-71,75H,6-7,9,11-13,15,17-19,21,23-25,27,29-46,48,50-54,56,58-62,64,66-69H2,1-5H3,(H-,73,76,77,78)/p+1/b10-8-,16-14-,22-20-,28-26-,49-47+,57-55+,65-63+. The smallest absolute Gasteiger partial charge is 0.387 e. The van der Waals surface area contributed by atoms with Gasteiger partial charge in [0.1, 0.15) is 13.2 Å². The van der Waals surface area contributed by atoms with Crippen molar-refractivity contribution >= 4 is 13.7 Å². The molecule has 0 aromatic carbocycles. The number of nitrogens with zero attached hydrogens (tertiary/aromatic N) is 1. The molecule has 472 valence electrons. The molecule has 3 N–H and O–H groups in total. The number of allylic oxidation sites excluding steroid dienone is 13. The molecule has 0 heterocycles. The van der Waals surface area contributed by atoms with E-state index in [9.17, 15) is 19.4 Å². The number of likely N-dealkylation sites (N-methyl/N-ethyl adjacent to an activating group) is 1. The molecular weight excluding hydrogens is 1020 g/mol. The van der Waals surface area contributed by atoms with Gasteiger partial charge < -0.3 is 19.8 Å². The van der Waals surface area contributed by atoms with E-state index in [2.05, 4.69) is 92.1 Å². The molecule has 0 radical (unpaired) electrons. The first-order valence-electron chi connectivity index (χ1n) is 34.5. The molecule has 81 heavy (non-hydrogen) atoms. The van der Waals surface area contributed by atoms with Crippen molar-refractivity contribution in [3.8, 4) is 0 Å². The molecule has 9 heteroatoms. The number of nitrogens with one attached hydrogen (secondary N) is 1. The van der Waals surface area contributed by atoms with Crippen molar-refractivity contribution in [1.29, 1.82) is 0 Å². The third-order valence-electron chi connectivity index (χ3n) is 15.3. The maximum Gasteiger partial charge on any atom is 0.472 e. The van der Waals surface area contributed by atoms with Gasteiger partial charge in [-0.2, -0.15) is 0 Å². The first-order valence-corrected chi connectivity index (χ1v) is 36.0. The van der Waals surface area contributed by atoms with Crippen molar-refractivity contribution in [3.05, 3.63) is 85.1 Å². The average Bonchev–Trinajstić information content (AvgIpc) is 3.43. The Labute approximate surface area is 503 Å². The van der Waals surface area contributed by atoms with Gasteiger partial charge in [-0.25, -0.2) is 4.57 Å². The number of hydrogen-bond donors (Lipinski definition) is 3. The lowest BCUT2D eigenvalue weighted by molar-refractivity contribution is -0.870. The Hall–Kier alpha value is -2.32. The minimum Gasteiger partial charge on any atom is -0.387 e. The highest BCUT2D eigenvalue weighted by molar-refractivity contribution is 7.47. The summed E-state index contributed by atoms with van der Waals surface area (Å²) >= 11 is 0. The van der Waals surface area contributed by atoms with Gasteiger partial charge in [-0.05, 0) is 83.5 Å². The van der Waals surface area contributed by atoms with Crippen LogP contribution in [0.5, 0.6) is 0 Å². The summed E-state index contributed by atoms with van der Waals surface area (Å²) in [6.07, 6.45) is 88.8. The second kappa shape index (κ2) is 62.2. The van der Waals surface area contributed by atoms with Gasteiger partial charge in [0.15, 0.2) is 0 Å².